The summed E-state index contributed by atoms with van der Waals surface area (Å²) in [7, 11) is 0. The second-order valence-electron chi connectivity index (χ2n) is 4.12. The maximum atomic E-state index is 11.6. The molecule has 0 saturated carbocycles. The Kier molecular flexibility index (Phi) is 6.14. The molecule has 5 heteroatoms. The SMILES string of the molecule is CCCNC(=O)c1ccc(N[C@H](CC)CO)nc1. The van der Waals surface area contributed by atoms with Crippen LogP contribution < -0.4 is 10.6 Å². The summed E-state index contributed by atoms with van der Waals surface area (Å²) in [6.45, 7) is 4.73. The smallest absolute Gasteiger partial charge is 0.252 e. The average molecular weight is 251 g/mol. The minimum atomic E-state index is -0.106. The first-order valence-electron chi connectivity index (χ1n) is 6.32. The van der Waals surface area contributed by atoms with E-state index in [1.807, 2.05) is 13.8 Å². The Morgan fingerprint density at radius 1 is 1.44 bits per heavy atom. The van der Waals surface area contributed by atoms with Gasteiger partial charge in [0, 0.05) is 12.7 Å². The topological polar surface area (TPSA) is 74.2 Å². The number of nitrogens with zero attached hydrogens (tertiary/aromatic N) is 1. The number of nitrogens with one attached hydrogen (secondary N) is 2. The molecular weight excluding hydrogens is 230 g/mol. The predicted octanol–water partition coefficient (Wildman–Crippen LogP) is 1.40. The van der Waals surface area contributed by atoms with Crippen LogP contribution in [0.25, 0.3) is 0 Å². The van der Waals surface area contributed by atoms with Gasteiger partial charge < -0.3 is 15.7 Å². The van der Waals surface area contributed by atoms with Crippen LogP contribution in [0, 0.1) is 0 Å². The van der Waals surface area contributed by atoms with E-state index in [0.29, 0.717) is 17.9 Å². The lowest BCUT2D eigenvalue weighted by molar-refractivity contribution is 0.0953. The number of pyridine rings is 1. The molecule has 1 aromatic heterocycles. The monoisotopic (exact) mass is 251 g/mol. The molecule has 0 unspecified atom stereocenters. The molecule has 0 bridgehead atoms. The molecule has 1 heterocycles. The van der Waals surface area contributed by atoms with Gasteiger partial charge in [-0.05, 0) is 25.0 Å². The van der Waals surface area contributed by atoms with E-state index in [0.717, 1.165) is 12.8 Å². The van der Waals surface area contributed by atoms with Crippen molar-refractivity contribution in [3.8, 4) is 0 Å². The lowest BCUT2D eigenvalue weighted by Crippen LogP contribution is -2.25. The maximum Gasteiger partial charge on any atom is 0.252 e. The molecule has 0 aliphatic rings. The fourth-order valence-electron chi connectivity index (χ4n) is 1.44. The predicted molar refractivity (Wildman–Crippen MR) is 71.6 cm³/mol. The minimum Gasteiger partial charge on any atom is -0.394 e. The van der Waals surface area contributed by atoms with Gasteiger partial charge >= 0.3 is 0 Å². The molecule has 18 heavy (non-hydrogen) atoms. The third kappa shape index (κ3) is 4.33. The van der Waals surface area contributed by atoms with Crippen LogP contribution >= 0.6 is 0 Å². The average Bonchev–Trinajstić information content (AvgIpc) is 2.42. The van der Waals surface area contributed by atoms with Crippen molar-refractivity contribution in [2.24, 2.45) is 0 Å². The number of aliphatic hydroxyl groups is 1. The number of carbonyl (C=O) groups excluding carboxylic acids is 1. The molecule has 1 atom stereocenters. The van der Waals surface area contributed by atoms with Gasteiger partial charge in [-0.1, -0.05) is 13.8 Å². The third-order valence-corrected chi connectivity index (χ3v) is 2.63. The van der Waals surface area contributed by atoms with E-state index >= 15 is 0 Å². The Labute approximate surface area is 108 Å². The van der Waals surface area contributed by atoms with Gasteiger partial charge in [-0.2, -0.15) is 0 Å². The van der Waals surface area contributed by atoms with Gasteiger partial charge in [0.1, 0.15) is 5.82 Å². The number of amides is 1. The highest BCUT2D eigenvalue weighted by Crippen LogP contribution is 2.07. The van der Waals surface area contributed by atoms with E-state index in [1.54, 1.807) is 12.1 Å². The number of aromatic nitrogens is 1. The number of hydrogen-bond acceptors (Lipinski definition) is 4. The summed E-state index contributed by atoms with van der Waals surface area (Å²) in [5, 5.41) is 15.0. The molecule has 0 radical (unpaired) electrons. The molecule has 1 amide bonds. The highest BCUT2D eigenvalue weighted by molar-refractivity contribution is 5.93. The molecule has 3 N–H and O–H groups in total. The lowest BCUT2D eigenvalue weighted by atomic mass is 10.2. The van der Waals surface area contributed by atoms with E-state index < -0.39 is 0 Å². The summed E-state index contributed by atoms with van der Waals surface area (Å²) < 4.78 is 0. The van der Waals surface area contributed by atoms with Gasteiger partial charge in [0.15, 0.2) is 0 Å². The summed E-state index contributed by atoms with van der Waals surface area (Å²) in [5.74, 6) is 0.563. The van der Waals surface area contributed by atoms with Crippen molar-refractivity contribution >= 4 is 11.7 Å². The fourth-order valence-corrected chi connectivity index (χ4v) is 1.44. The summed E-state index contributed by atoms with van der Waals surface area (Å²) in [6, 6.07) is 3.47. The summed E-state index contributed by atoms with van der Waals surface area (Å²) in [6.07, 6.45) is 3.27. The Hall–Kier alpha value is -1.62. The molecule has 0 aliphatic carbocycles. The quantitative estimate of drug-likeness (QED) is 0.685. The van der Waals surface area contributed by atoms with E-state index in [2.05, 4.69) is 15.6 Å². The van der Waals surface area contributed by atoms with E-state index in [-0.39, 0.29) is 18.6 Å². The number of carbonyl (C=O) groups is 1. The van der Waals surface area contributed by atoms with Crippen molar-refractivity contribution in [3.63, 3.8) is 0 Å². The standard InChI is InChI=1S/C13H21N3O2/c1-3-7-14-13(18)10-5-6-12(15-8-10)16-11(4-2)9-17/h5-6,8,11,17H,3-4,7,9H2,1-2H3,(H,14,18)(H,15,16)/t11-/m1/s1. The molecule has 1 rings (SSSR count). The van der Waals surface area contributed by atoms with Crippen LogP contribution in [0.4, 0.5) is 5.82 Å². The molecule has 0 saturated heterocycles. The van der Waals surface area contributed by atoms with Crippen LogP contribution in [0.2, 0.25) is 0 Å². The Morgan fingerprint density at radius 2 is 2.22 bits per heavy atom. The second-order valence-corrected chi connectivity index (χ2v) is 4.12. The van der Waals surface area contributed by atoms with Gasteiger partial charge in [-0.15, -0.1) is 0 Å². The normalized spacial score (nSPS) is 11.9. The van der Waals surface area contributed by atoms with Crippen molar-refractivity contribution in [1.82, 2.24) is 10.3 Å². The molecule has 0 spiro atoms. The van der Waals surface area contributed by atoms with Gasteiger partial charge in [0.2, 0.25) is 0 Å². The van der Waals surface area contributed by atoms with Gasteiger partial charge in [-0.25, -0.2) is 4.98 Å². The zero-order valence-corrected chi connectivity index (χ0v) is 10.9. The number of aliphatic hydroxyl groups excluding tert-OH is 1. The number of rotatable bonds is 7. The van der Waals surface area contributed by atoms with Crippen LogP contribution in [0.5, 0.6) is 0 Å². The van der Waals surface area contributed by atoms with Crippen LogP contribution in [-0.2, 0) is 0 Å². The first-order valence-corrected chi connectivity index (χ1v) is 6.32. The molecule has 5 nitrogen and oxygen atoms in total. The first kappa shape index (κ1) is 14.4. The molecule has 0 aliphatic heterocycles. The molecule has 0 aromatic carbocycles. The lowest BCUT2D eigenvalue weighted by Gasteiger charge is -2.14. The zero-order valence-electron chi connectivity index (χ0n) is 10.9. The fraction of sp³-hybridized carbons (Fsp3) is 0.538. The van der Waals surface area contributed by atoms with E-state index in [4.69, 9.17) is 5.11 Å². The third-order valence-electron chi connectivity index (χ3n) is 2.63. The van der Waals surface area contributed by atoms with Crippen LogP contribution in [0.15, 0.2) is 18.3 Å². The van der Waals surface area contributed by atoms with Crippen LogP contribution in [0.3, 0.4) is 0 Å². The zero-order chi connectivity index (χ0) is 13.4. The van der Waals surface area contributed by atoms with Crippen LogP contribution in [0.1, 0.15) is 37.0 Å². The highest BCUT2D eigenvalue weighted by atomic mass is 16.3. The molecule has 0 fully saturated rings. The van der Waals surface area contributed by atoms with Gasteiger partial charge in [0.25, 0.3) is 5.91 Å². The molecule has 1 aromatic rings. The Morgan fingerprint density at radius 3 is 2.72 bits per heavy atom. The summed E-state index contributed by atoms with van der Waals surface area (Å²) in [5.41, 5.74) is 0.547. The van der Waals surface area contributed by atoms with Crippen molar-refractivity contribution < 1.29 is 9.90 Å². The van der Waals surface area contributed by atoms with Crippen molar-refractivity contribution in [3.05, 3.63) is 23.9 Å². The van der Waals surface area contributed by atoms with Crippen LogP contribution in [-0.4, -0.2) is 35.2 Å². The summed E-state index contributed by atoms with van der Waals surface area (Å²) >= 11 is 0. The highest BCUT2D eigenvalue weighted by Gasteiger charge is 2.07. The van der Waals surface area contributed by atoms with Gasteiger partial charge in [0.05, 0.1) is 18.2 Å². The number of hydrogen-bond donors (Lipinski definition) is 3. The van der Waals surface area contributed by atoms with Crippen molar-refractivity contribution in [1.29, 1.82) is 0 Å². The minimum absolute atomic E-state index is 0.00253. The Bertz CT molecular complexity index is 361. The maximum absolute atomic E-state index is 11.6. The summed E-state index contributed by atoms with van der Waals surface area (Å²) in [4.78, 5) is 15.8. The molecular formula is C13H21N3O2. The first-order chi connectivity index (χ1) is 8.71. The van der Waals surface area contributed by atoms with E-state index in [9.17, 15) is 4.79 Å². The second kappa shape index (κ2) is 7.66. The largest absolute Gasteiger partial charge is 0.394 e. The number of anilines is 1. The van der Waals surface area contributed by atoms with Gasteiger partial charge in [-0.3, -0.25) is 4.79 Å². The Balaban J connectivity index is 2.59. The van der Waals surface area contributed by atoms with E-state index in [1.165, 1.54) is 6.20 Å². The molecule has 100 valence electrons. The van der Waals surface area contributed by atoms with Crippen molar-refractivity contribution in [2.75, 3.05) is 18.5 Å². The van der Waals surface area contributed by atoms with Crippen molar-refractivity contribution in [2.45, 2.75) is 32.7 Å².